The van der Waals surface area contributed by atoms with Gasteiger partial charge in [0.05, 0.1) is 13.5 Å². The minimum atomic E-state index is -0.744. The first-order chi connectivity index (χ1) is 10.1. The van der Waals surface area contributed by atoms with Gasteiger partial charge >= 0.3 is 5.97 Å². The number of piperazine rings is 1. The first-order valence-corrected chi connectivity index (χ1v) is 7.11. The van der Waals surface area contributed by atoms with E-state index in [1.807, 2.05) is 6.07 Å². The minimum Gasteiger partial charge on any atom is -0.504 e. The van der Waals surface area contributed by atoms with E-state index in [1.54, 1.807) is 12.1 Å². The molecule has 6 nitrogen and oxygen atoms in total. The Morgan fingerprint density at radius 3 is 2.48 bits per heavy atom. The smallest absolute Gasteiger partial charge is 0.304 e. The van der Waals surface area contributed by atoms with E-state index in [1.165, 1.54) is 7.11 Å². The molecule has 0 radical (unpaired) electrons. The Morgan fingerprint density at radius 1 is 1.24 bits per heavy atom. The van der Waals surface area contributed by atoms with E-state index in [-0.39, 0.29) is 12.2 Å². The monoisotopic (exact) mass is 294 g/mol. The van der Waals surface area contributed by atoms with Crippen molar-refractivity contribution in [1.82, 2.24) is 9.80 Å². The van der Waals surface area contributed by atoms with Crippen LogP contribution in [0.3, 0.4) is 0 Å². The van der Waals surface area contributed by atoms with Crippen molar-refractivity contribution in [1.29, 1.82) is 0 Å². The summed E-state index contributed by atoms with van der Waals surface area (Å²) in [7, 11) is 1.53. The van der Waals surface area contributed by atoms with Gasteiger partial charge in [-0.05, 0) is 17.7 Å². The molecule has 0 atom stereocenters. The topological polar surface area (TPSA) is 73.2 Å². The molecule has 2 N–H and O–H groups in total. The number of hydrogen-bond acceptors (Lipinski definition) is 5. The Hall–Kier alpha value is -1.79. The number of carboxylic acid groups (broad SMARTS) is 1. The lowest BCUT2D eigenvalue weighted by Gasteiger charge is -2.34. The van der Waals surface area contributed by atoms with E-state index in [0.29, 0.717) is 12.3 Å². The number of carbonyl (C=O) groups is 1. The zero-order chi connectivity index (χ0) is 15.2. The molecule has 0 saturated carbocycles. The Bertz CT molecular complexity index is 485. The zero-order valence-electron chi connectivity index (χ0n) is 12.3. The third-order valence-corrected chi connectivity index (χ3v) is 3.76. The number of phenols is 1. The van der Waals surface area contributed by atoms with Crippen LogP contribution in [0.4, 0.5) is 0 Å². The normalized spacial score (nSPS) is 16.8. The first kappa shape index (κ1) is 15.6. The van der Waals surface area contributed by atoms with Crippen LogP contribution in [-0.2, 0) is 11.3 Å². The molecule has 0 unspecified atom stereocenters. The van der Waals surface area contributed by atoms with E-state index in [4.69, 9.17) is 9.84 Å². The molecule has 21 heavy (non-hydrogen) atoms. The number of rotatable bonds is 6. The van der Waals surface area contributed by atoms with Crippen LogP contribution >= 0.6 is 0 Å². The lowest BCUT2D eigenvalue weighted by molar-refractivity contribution is -0.137. The number of aromatic hydroxyl groups is 1. The quantitative estimate of drug-likeness (QED) is 0.815. The average Bonchev–Trinajstić information content (AvgIpc) is 2.47. The molecule has 0 amide bonds. The maximum atomic E-state index is 10.6. The van der Waals surface area contributed by atoms with Crippen LogP contribution in [0.5, 0.6) is 11.5 Å². The van der Waals surface area contributed by atoms with Gasteiger partial charge in [-0.3, -0.25) is 9.69 Å². The van der Waals surface area contributed by atoms with E-state index in [2.05, 4.69) is 9.80 Å². The summed E-state index contributed by atoms with van der Waals surface area (Å²) in [5.41, 5.74) is 1.05. The average molecular weight is 294 g/mol. The molecule has 0 aliphatic carbocycles. The molecule has 1 aliphatic heterocycles. The van der Waals surface area contributed by atoms with Crippen molar-refractivity contribution in [2.45, 2.75) is 13.0 Å². The highest BCUT2D eigenvalue weighted by atomic mass is 16.5. The number of aliphatic carboxylic acids is 1. The highest BCUT2D eigenvalue weighted by molar-refractivity contribution is 5.66. The van der Waals surface area contributed by atoms with Crippen LogP contribution in [0.25, 0.3) is 0 Å². The van der Waals surface area contributed by atoms with Crippen molar-refractivity contribution in [3.63, 3.8) is 0 Å². The van der Waals surface area contributed by atoms with Crippen LogP contribution < -0.4 is 4.74 Å². The van der Waals surface area contributed by atoms with Crippen LogP contribution in [0, 0.1) is 0 Å². The maximum absolute atomic E-state index is 10.6. The van der Waals surface area contributed by atoms with Gasteiger partial charge in [-0.1, -0.05) is 6.07 Å². The fourth-order valence-electron chi connectivity index (χ4n) is 2.52. The van der Waals surface area contributed by atoms with Crippen molar-refractivity contribution >= 4 is 5.97 Å². The van der Waals surface area contributed by atoms with Crippen LogP contribution in [0.15, 0.2) is 18.2 Å². The van der Waals surface area contributed by atoms with Crippen molar-refractivity contribution in [2.75, 3.05) is 39.8 Å². The van der Waals surface area contributed by atoms with Crippen molar-refractivity contribution in [2.24, 2.45) is 0 Å². The second kappa shape index (κ2) is 7.28. The SMILES string of the molecule is COc1ccc(CN2CCN(CCC(=O)O)CC2)cc1O. The van der Waals surface area contributed by atoms with E-state index in [9.17, 15) is 9.90 Å². The highest BCUT2D eigenvalue weighted by Gasteiger charge is 2.17. The summed E-state index contributed by atoms with van der Waals surface area (Å²) in [6.07, 6.45) is 0.201. The van der Waals surface area contributed by atoms with E-state index < -0.39 is 5.97 Å². The molecule has 1 fully saturated rings. The van der Waals surface area contributed by atoms with Gasteiger partial charge in [0, 0.05) is 39.3 Å². The zero-order valence-corrected chi connectivity index (χ0v) is 12.3. The summed E-state index contributed by atoms with van der Waals surface area (Å²) in [4.78, 5) is 15.0. The van der Waals surface area contributed by atoms with Crippen LogP contribution in [0.1, 0.15) is 12.0 Å². The first-order valence-electron chi connectivity index (χ1n) is 7.11. The van der Waals surface area contributed by atoms with Gasteiger partial charge in [0.25, 0.3) is 0 Å². The second-order valence-electron chi connectivity index (χ2n) is 5.27. The number of ether oxygens (including phenoxy) is 1. The minimum absolute atomic E-state index is 0.162. The number of benzene rings is 1. The molecule has 1 aromatic rings. The summed E-state index contributed by atoms with van der Waals surface area (Å²) >= 11 is 0. The third kappa shape index (κ3) is 4.61. The molecule has 0 aromatic heterocycles. The molecule has 116 valence electrons. The van der Waals surface area contributed by atoms with Gasteiger partial charge in [0.15, 0.2) is 11.5 Å². The fourth-order valence-corrected chi connectivity index (χ4v) is 2.52. The molecule has 2 rings (SSSR count). The molecule has 1 heterocycles. The van der Waals surface area contributed by atoms with Crippen molar-refractivity contribution < 1.29 is 19.7 Å². The molecule has 0 spiro atoms. The fraction of sp³-hybridized carbons (Fsp3) is 0.533. The summed E-state index contributed by atoms with van der Waals surface area (Å²) in [5, 5.41) is 18.5. The molecule has 1 aliphatic rings. The predicted octanol–water partition coefficient (Wildman–Crippen LogP) is 0.993. The lowest BCUT2D eigenvalue weighted by atomic mass is 10.1. The van der Waals surface area contributed by atoms with Crippen LogP contribution in [-0.4, -0.2) is 65.8 Å². The standard InChI is InChI=1S/C15H22N2O4/c1-21-14-3-2-12(10-13(14)18)11-17-8-6-16(7-9-17)5-4-15(19)20/h2-3,10,18H,4-9,11H2,1H3,(H,19,20). The van der Waals surface area contributed by atoms with Gasteiger partial charge < -0.3 is 19.8 Å². The maximum Gasteiger partial charge on any atom is 0.304 e. The molecular formula is C15H22N2O4. The summed E-state index contributed by atoms with van der Waals surface area (Å²) in [5.74, 6) is -0.0986. The summed E-state index contributed by atoms with van der Waals surface area (Å²) in [6.45, 7) is 4.99. The Kier molecular flexibility index (Phi) is 5.41. The van der Waals surface area contributed by atoms with Gasteiger partial charge in [-0.2, -0.15) is 0 Å². The van der Waals surface area contributed by atoms with E-state index in [0.717, 1.165) is 38.3 Å². The van der Waals surface area contributed by atoms with Crippen LogP contribution in [0.2, 0.25) is 0 Å². The van der Waals surface area contributed by atoms with Gasteiger partial charge in [-0.25, -0.2) is 0 Å². The Labute approximate surface area is 124 Å². The molecule has 0 bridgehead atoms. The second-order valence-corrected chi connectivity index (χ2v) is 5.27. The van der Waals surface area contributed by atoms with Crippen molar-refractivity contribution in [3.05, 3.63) is 23.8 Å². The van der Waals surface area contributed by atoms with Gasteiger partial charge in [0.1, 0.15) is 0 Å². The molecule has 6 heteroatoms. The van der Waals surface area contributed by atoms with Gasteiger partial charge in [-0.15, -0.1) is 0 Å². The highest BCUT2D eigenvalue weighted by Crippen LogP contribution is 2.26. The summed E-state index contributed by atoms with van der Waals surface area (Å²) in [6, 6.07) is 5.46. The number of nitrogens with zero attached hydrogens (tertiary/aromatic N) is 2. The lowest BCUT2D eigenvalue weighted by Crippen LogP contribution is -2.46. The largest absolute Gasteiger partial charge is 0.504 e. The third-order valence-electron chi connectivity index (χ3n) is 3.76. The van der Waals surface area contributed by atoms with E-state index >= 15 is 0 Å². The van der Waals surface area contributed by atoms with Gasteiger partial charge in [0.2, 0.25) is 0 Å². The number of methoxy groups -OCH3 is 1. The number of phenolic OH excluding ortho intramolecular Hbond substituents is 1. The number of carboxylic acids is 1. The molecule has 1 aromatic carbocycles. The Balaban J connectivity index is 1.80. The van der Waals surface area contributed by atoms with Crippen molar-refractivity contribution in [3.8, 4) is 11.5 Å². The summed E-state index contributed by atoms with van der Waals surface area (Å²) < 4.78 is 5.03. The molecular weight excluding hydrogens is 272 g/mol. The predicted molar refractivity (Wildman–Crippen MR) is 78.6 cm³/mol. The molecule has 1 saturated heterocycles. The Morgan fingerprint density at radius 2 is 1.90 bits per heavy atom. The number of hydrogen-bond donors (Lipinski definition) is 2.